The highest BCUT2D eigenvalue weighted by Crippen LogP contribution is 2.41. The summed E-state index contributed by atoms with van der Waals surface area (Å²) in [4.78, 5) is 0. The first-order valence-electron chi connectivity index (χ1n) is 4.95. The van der Waals surface area contributed by atoms with Crippen LogP contribution >= 0.6 is 0 Å². The minimum atomic E-state index is -0.314. The van der Waals surface area contributed by atoms with E-state index in [1.54, 1.807) is 0 Å². The highest BCUT2D eigenvalue weighted by molar-refractivity contribution is 4.93. The Kier molecular flexibility index (Phi) is 1.92. The summed E-state index contributed by atoms with van der Waals surface area (Å²) >= 11 is 0. The molecule has 1 N–H and O–H groups in total. The van der Waals surface area contributed by atoms with Gasteiger partial charge in [0.1, 0.15) is 0 Å². The fourth-order valence-electron chi connectivity index (χ4n) is 2.47. The van der Waals surface area contributed by atoms with E-state index in [0.29, 0.717) is 12.0 Å². The molecular formula is C10H18O2. The first-order valence-corrected chi connectivity index (χ1v) is 4.95. The molecule has 1 saturated carbocycles. The van der Waals surface area contributed by atoms with Crippen molar-refractivity contribution in [3.63, 3.8) is 0 Å². The molecule has 0 amide bonds. The molecule has 0 aromatic heterocycles. The number of rotatable bonds is 0. The minimum Gasteiger partial charge on any atom is -0.390 e. The number of aliphatic hydroxyl groups is 1. The summed E-state index contributed by atoms with van der Waals surface area (Å²) in [7, 11) is 0. The molecule has 2 fully saturated rings. The topological polar surface area (TPSA) is 29.5 Å². The summed E-state index contributed by atoms with van der Waals surface area (Å²) in [5.74, 6) is 0.632. The van der Waals surface area contributed by atoms with Crippen LogP contribution in [0.5, 0.6) is 0 Å². The smallest absolute Gasteiger partial charge is 0.0888 e. The van der Waals surface area contributed by atoms with Crippen LogP contribution in [0.4, 0.5) is 0 Å². The monoisotopic (exact) mass is 170 g/mol. The van der Waals surface area contributed by atoms with E-state index in [9.17, 15) is 5.11 Å². The van der Waals surface area contributed by atoms with Gasteiger partial charge in [-0.3, -0.25) is 0 Å². The van der Waals surface area contributed by atoms with Crippen molar-refractivity contribution in [1.29, 1.82) is 0 Å². The Bertz CT molecular complexity index is 177. The normalized spacial score (nSPS) is 45.8. The molecule has 1 heterocycles. The molecule has 0 unspecified atom stereocenters. The van der Waals surface area contributed by atoms with Gasteiger partial charge in [0, 0.05) is 0 Å². The molecular weight excluding hydrogens is 152 g/mol. The summed E-state index contributed by atoms with van der Waals surface area (Å²) in [6.45, 7) is 3.98. The highest BCUT2D eigenvalue weighted by Gasteiger charge is 2.43. The zero-order chi connectivity index (χ0) is 8.77. The van der Waals surface area contributed by atoms with Crippen LogP contribution in [0.2, 0.25) is 0 Å². The molecule has 1 aliphatic heterocycles. The number of fused-ring (bicyclic) bond motifs is 1. The van der Waals surface area contributed by atoms with Gasteiger partial charge in [0.15, 0.2) is 0 Å². The van der Waals surface area contributed by atoms with Crippen LogP contribution in [0.15, 0.2) is 0 Å². The minimum absolute atomic E-state index is 0.267. The molecule has 0 bridgehead atoms. The van der Waals surface area contributed by atoms with E-state index in [4.69, 9.17) is 4.74 Å². The van der Waals surface area contributed by atoms with Gasteiger partial charge in [-0.05, 0) is 39.0 Å². The Labute approximate surface area is 73.9 Å². The molecule has 2 rings (SSSR count). The van der Waals surface area contributed by atoms with E-state index in [2.05, 4.69) is 0 Å². The first kappa shape index (κ1) is 8.52. The summed E-state index contributed by atoms with van der Waals surface area (Å²) in [6.07, 6.45) is 4.83. The van der Waals surface area contributed by atoms with Crippen LogP contribution < -0.4 is 0 Å². The van der Waals surface area contributed by atoms with Crippen molar-refractivity contribution >= 4 is 0 Å². The Morgan fingerprint density at radius 3 is 2.83 bits per heavy atom. The largest absolute Gasteiger partial charge is 0.390 e. The fraction of sp³-hybridized carbons (Fsp3) is 1.00. The van der Waals surface area contributed by atoms with Gasteiger partial charge in [-0.1, -0.05) is 6.42 Å². The second kappa shape index (κ2) is 2.71. The predicted octanol–water partition coefficient (Wildman–Crippen LogP) is 1.71. The van der Waals surface area contributed by atoms with Crippen LogP contribution in [0.25, 0.3) is 0 Å². The molecule has 0 radical (unpaired) electrons. The van der Waals surface area contributed by atoms with Crippen LogP contribution in [0, 0.1) is 5.92 Å². The Morgan fingerprint density at radius 2 is 2.08 bits per heavy atom. The van der Waals surface area contributed by atoms with Crippen molar-refractivity contribution in [3.8, 4) is 0 Å². The van der Waals surface area contributed by atoms with E-state index in [1.807, 2.05) is 13.8 Å². The van der Waals surface area contributed by atoms with Gasteiger partial charge in [-0.25, -0.2) is 0 Å². The third kappa shape index (κ3) is 1.27. The summed E-state index contributed by atoms with van der Waals surface area (Å²) in [5, 5.41) is 9.76. The maximum Gasteiger partial charge on any atom is 0.0888 e. The van der Waals surface area contributed by atoms with Gasteiger partial charge >= 0.3 is 0 Å². The van der Waals surface area contributed by atoms with Crippen LogP contribution in [0.1, 0.15) is 39.5 Å². The van der Waals surface area contributed by atoms with Crippen molar-refractivity contribution < 1.29 is 9.84 Å². The van der Waals surface area contributed by atoms with Gasteiger partial charge in [-0.15, -0.1) is 0 Å². The lowest BCUT2D eigenvalue weighted by Gasteiger charge is -2.42. The van der Waals surface area contributed by atoms with Crippen molar-refractivity contribution in [2.75, 3.05) is 0 Å². The Balaban J connectivity index is 2.08. The van der Waals surface area contributed by atoms with Crippen molar-refractivity contribution in [3.05, 3.63) is 0 Å². The molecule has 0 aromatic carbocycles. The third-order valence-electron chi connectivity index (χ3n) is 3.37. The maximum absolute atomic E-state index is 9.76. The molecule has 2 heteroatoms. The van der Waals surface area contributed by atoms with Gasteiger partial charge in [0.2, 0.25) is 0 Å². The molecule has 70 valence electrons. The maximum atomic E-state index is 9.76. The standard InChI is InChI=1S/C10H18O2/c1-10(2)9(11)6-7-4-3-5-8(7)12-10/h7-9,11H,3-6H2,1-2H3/t7-,8+,9-/m1/s1. The van der Waals surface area contributed by atoms with Gasteiger partial charge < -0.3 is 9.84 Å². The zero-order valence-electron chi connectivity index (χ0n) is 7.92. The lowest BCUT2D eigenvalue weighted by molar-refractivity contribution is -0.185. The number of aliphatic hydroxyl groups excluding tert-OH is 1. The molecule has 2 aliphatic rings. The number of hydrogen-bond acceptors (Lipinski definition) is 2. The second-order valence-electron chi connectivity index (χ2n) is 4.70. The molecule has 12 heavy (non-hydrogen) atoms. The third-order valence-corrected chi connectivity index (χ3v) is 3.37. The molecule has 2 nitrogen and oxygen atoms in total. The van der Waals surface area contributed by atoms with Gasteiger partial charge in [-0.2, -0.15) is 0 Å². The molecule has 0 spiro atoms. The van der Waals surface area contributed by atoms with Gasteiger partial charge in [0.05, 0.1) is 17.8 Å². The average Bonchev–Trinajstić information content (AvgIpc) is 2.35. The quantitative estimate of drug-likeness (QED) is 0.599. The average molecular weight is 170 g/mol. The fourth-order valence-corrected chi connectivity index (χ4v) is 2.47. The number of ether oxygens (including phenoxy) is 1. The second-order valence-corrected chi connectivity index (χ2v) is 4.70. The first-order chi connectivity index (χ1) is 5.59. The molecule has 1 saturated heterocycles. The van der Waals surface area contributed by atoms with Crippen LogP contribution in [-0.4, -0.2) is 22.9 Å². The zero-order valence-corrected chi connectivity index (χ0v) is 7.92. The molecule has 1 aliphatic carbocycles. The van der Waals surface area contributed by atoms with E-state index < -0.39 is 0 Å². The van der Waals surface area contributed by atoms with E-state index in [0.717, 1.165) is 6.42 Å². The van der Waals surface area contributed by atoms with E-state index in [-0.39, 0.29) is 11.7 Å². The Hall–Kier alpha value is -0.0800. The van der Waals surface area contributed by atoms with Gasteiger partial charge in [0.25, 0.3) is 0 Å². The predicted molar refractivity (Wildman–Crippen MR) is 46.9 cm³/mol. The lowest BCUT2D eigenvalue weighted by atomic mass is 9.86. The van der Waals surface area contributed by atoms with E-state index in [1.165, 1.54) is 19.3 Å². The van der Waals surface area contributed by atoms with E-state index >= 15 is 0 Å². The Morgan fingerprint density at radius 1 is 1.33 bits per heavy atom. The van der Waals surface area contributed by atoms with Crippen molar-refractivity contribution in [2.45, 2.75) is 57.3 Å². The van der Waals surface area contributed by atoms with Crippen LogP contribution in [-0.2, 0) is 4.74 Å². The van der Waals surface area contributed by atoms with Crippen LogP contribution in [0.3, 0.4) is 0 Å². The molecule has 3 atom stereocenters. The highest BCUT2D eigenvalue weighted by atomic mass is 16.5. The SMILES string of the molecule is CC1(C)O[C@H]2CCC[C@@H]2C[C@H]1O. The summed E-state index contributed by atoms with van der Waals surface area (Å²) in [6, 6.07) is 0. The number of hydrogen-bond donors (Lipinski definition) is 1. The summed E-state index contributed by atoms with van der Waals surface area (Å²) in [5.41, 5.74) is -0.314. The van der Waals surface area contributed by atoms with Crippen molar-refractivity contribution in [2.24, 2.45) is 5.92 Å². The van der Waals surface area contributed by atoms with Crippen molar-refractivity contribution in [1.82, 2.24) is 0 Å². The molecule has 0 aromatic rings. The lowest BCUT2D eigenvalue weighted by Crippen LogP contribution is -2.49. The summed E-state index contributed by atoms with van der Waals surface area (Å²) < 4.78 is 5.86.